The maximum absolute atomic E-state index is 11.8. The first-order valence-electron chi connectivity index (χ1n) is 8.65. The molecular weight excluding hydrogens is 316 g/mol. The van der Waals surface area contributed by atoms with Crippen LogP contribution in [0.15, 0.2) is 36.4 Å². The van der Waals surface area contributed by atoms with Gasteiger partial charge in [0.2, 0.25) is 0 Å². The van der Waals surface area contributed by atoms with E-state index in [1.54, 1.807) is 7.11 Å². The lowest BCUT2D eigenvalue weighted by molar-refractivity contribution is 0.0522. The summed E-state index contributed by atoms with van der Waals surface area (Å²) >= 11 is 0. The molecule has 1 saturated carbocycles. The van der Waals surface area contributed by atoms with Gasteiger partial charge in [-0.05, 0) is 44.2 Å². The Morgan fingerprint density at radius 1 is 1.12 bits per heavy atom. The minimum absolute atomic E-state index is 0.138. The molecule has 0 bridgehead atoms. The van der Waals surface area contributed by atoms with Crippen LogP contribution in [0.5, 0.6) is 5.75 Å². The molecular formula is C20H26N2O3. The smallest absolute Gasteiger partial charge is 0.407 e. The van der Waals surface area contributed by atoms with Crippen LogP contribution >= 0.6 is 0 Å². The molecule has 134 valence electrons. The number of hydrogen-bond donors (Lipinski definition) is 2. The number of alkyl carbamates (subject to hydrolysis) is 1. The molecule has 2 N–H and O–H groups in total. The van der Waals surface area contributed by atoms with Gasteiger partial charge < -0.3 is 20.1 Å². The van der Waals surface area contributed by atoms with Crippen LogP contribution < -0.4 is 15.4 Å². The number of nitrogens with one attached hydrogen (secondary N) is 2. The topological polar surface area (TPSA) is 59.6 Å². The van der Waals surface area contributed by atoms with Crippen LogP contribution in [0.1, 0.15) is 32.8 Å². The van der Waals surface area contributed by atoms with E-state index in [0.29, 0.717) is 0 Å². The fourth-order valence-electron chi connectivity index (χ4n) is 2.95. The van der Waals surface area contributed by atoms with Crippen molar-refractivity contribution in [1.82, 2.24) is 10.6 Å². The third kappa shape index (κ3) is 4.42. The van der Waals surface area contributed by atoms with Crippen LogP contribution in [0.2, 0.25) is 0 Å². The first-order chi connectivity index (χ1) is 11.9. The molecule has 0 saturated heterocycles. The minimum atomic E-state index is -0.468. The van der Waals surface area contributed by atoms with E-state index < -0.39 is 5.60 Å². The van der Waals surface area contributed by atoms with E-state index >= 15 is 0 Å². The van der Waals surface area contributed by atoms with E-state index in [2.05, 4.69) is 28.8 Å². The van der Waals surface area contributed by atoms with Crippen LogP contribution in [0.3, 0.4) is 0 Å². The van der Waals surface area contributed by atoms with Crippen molar-refractivity contribution in [1.29, 1.82) is 0 Å². The molecule has 2 aromatic rings. The molecule has 25 heavy (non-hydrogen) atoms. The lowest BCUT2D eigenvalue weighted by Crippen LogP contribution is -2.36. The third-order valence-electron chi connectivity index (χ3n) is 4.24. The summed E-state index contributed by atoms with van der Waals surface area (Å²) in [6.07, 6.45) is 0.574. The molecule has 3 rings (SSSR count). The van der Waals surface area contributed by atoms with E-state index in [1.165, 1.54) is 10.9 Å². The summed E-state index contributed by atoms with van der Waals surface area (Å²) in [5, 5.41) is 8.72. The van der Waals surface area contributed by atoms with Gasteiger partial charge in [0, 0.05) is 24.0 Å². The van der Waals surface area contributed by atoms with Gasteiger partial charge >= 0.3 is 6.09 Å². The van der Waals surface area contributed by atoms with E-state index in [1.807, 2.05) is 39.0 Å². The lowest BCUT2D eigenvalue weighted by atomic mass is 10.0. The van der Waals surface area contributed by atoms with Gasteiger partial charge in [0.05, 0.1) is 7.11 Å². The van der Waals surface area contributed by atoms with Crippen molar-refractivity contribution in [3.8, 4) is 5.75 Å². The molecule has 5 nitrogen and oxygen atoms in total. The highest BCUT2D eigenvalue weighted by Crippen LogP contribution is 2.29. The Bertz CT molecular complexity index is 767. The molecule has 2 unspecified atom stereocenters. The van der Waals surface area contributed by atoms with Gasteiger partial charge in [0.1, 0.15) is 11.4 Å². The van der Waals surface area contributed by atoms with Crippen molar-refractivity contribution >= 4 is 16.9 Å². The van der Waals surface area contributed by atoms with E-state index in [9.17, 15) is 4.79 Å². The second-order valence-corrected chi connectivity index (χ2v) is 7.45. The van der Waals surface area contributed by atoms with Crippen molar-refractivity contribution in [2.75, 3.05) is 7.11 Å². The number of methoxy groups -OCH3 is 1. The normalized spacial score (nSPS) is 19.5. The Labute approximate surface area is 148 Å². The fraction of sp³-hybridized carbons (Fsp3) is 0.450. The van der Waals surface area contributed by atoms with Gasteiger partial charge in [-0.25, -0.2) is 4.79 Å². The number of carbonyl (C=O) groups excluding carboxylic acids is 1. The zero-order valence-corrected chi connectivity index (χ0v) is 15.3. The molecule has 0 aromatic heterocycles. The molecule has 5 heteroatoms. The van der Waals surface area contributed by atoms with Gasteiger partial charge in [0.15, 0.2) is 0 Å². The van der Waals surface area contributed by atoms with Crippen LogP contribution in [0.4, 0.5) is 4.79 Å². The van der Waals surface area contributed by atoms with Gasteiger partial charge in [-0.2, -0.15) is 0 Å². The summed E-state index contributed by atoms with van der Waals surface area (Å²) in [5.41, 5.74) is 0.753. The molecule has 2 aromatic carbocycles. The van der Waals surface area contributed by atoms with Crippen molar-refractivity contribution < 1.29 is 14.3 Å². The van der Waals surface area contributed by atoms with Crippen LogP contribution in [-0.2, 0) is 11.3 Å². The van der Waals surface area contributed by atoms with Crippen LogP contribution in [0.25, 0.3) is 10.8 Å². The fourth-order valence-corrected chi connectivity index (χ4v) is 2.95. The van der Waals surface area contributed by atoms with Gasteiger partial charge in [0.25, 0.3) is 0 Å². The summed E-state index contributed by atoms with van der Waals surface area (Å²) in [7, 11) is 1.69. The second kappa shape index (κ2) is 6.92. The average molecular weight is 342 g/mol. The zero-order valence-electron chi connectivity index (χ0n) is 15.3. The monoisotopic (exact) mass is 342 g/mol. The second-order valence-electron chi connectivity index (χ2n) is 7.45. The highest BCUT2D eigenvalue weighted by atomic mass is 16.6. The highest BCUT2D eigenvalue weighted by molar-refractivity contribution is 5.91. The van der Waals surface area contributed by atoms with Gasteiger partial charge in [-0.15, -0.1) is 0 Å². The maximum atomic E-state index is 11.8. The van der Waals surface area contributed by atoms with Gasteiger partial charge in [-0.1, -0.05) is 30.3 Å². The van der Waals surface area contributed by atoms with E-state index in [0.717, 1.165) is 24.1 Å². The first-order valence-corrected chi connectivity index (χ1v) is 8.65. The lowest BCUT2D eigenvalue weighted by Gasteiger charge is -2.19. The molecule has 0 heterocycles. The third-order valence-corrected chi connectivity index (χ3v) is 4.24. The minimum Gasteiger partial charge on any atom is -0.496 e. The SMILES string of the molecule is COc1ccc(CNC2CC2NC(=O)OC(C)(C)C)c2ccccc12. The van der Waals surface area contributed by atoms with Crippen LogP contribution in [0, 0.1) is 0 Å². The van der Waals surface area contributed by atoms with Crippen LogP contribution in [-0.4, -0.2) is 30.9 Å². The molecule has 1 fully saturated rings. The molecule has 1 aliphatic rings. The number of benzene rings is 2. The Balaban J connectivity index is 1.57. The largest absolute Gasteiger partial charge is 0.496 e. The number of rotatable bonds is 5. The highest BCUT2D eigenvalue weighted by Gasteiger charge is 2.38. The number of ether oxygens (including phenoxy) is 2. The summed E-state index contributed by atoms with van der Waals surface area (Å²) < 4.78 is 10.7. The van der Waals surface area contributed by atoms with Crippen molar-refractivity contribution in [2.45, 2.75) is 51.4 Å². The van der Waals surface area contributed by atoms with Gasteiger partial charge in [-0.3, -0.25) is 0 Å². The average Bonchev–Trinajstić information content (AvgIpc) is 3.28. The Hall–Kier alpha value is -2.27. The zero-order chi connectivity index (χ0) is 18.0. The Kier molecular flexibility index (Phi) is 4.86. The Morgan fingerprint density at radius 2 is 1.84 bits per heavy atom. The molecule has 1 amide bonds. The first kappa shape index (κ1) is 17.5. The number of hydrogen-bond acceptors (Lipinski definition) is 4. The van der Waals surface area contributed by atoms with E-state index in [4.69, 9.17) is 9.47 Å². The van der Waals surface area contributed by atoms with Crippen molar-refractivity contribution in [3.05, 3.63) is 42.0 Å². The summed E-state index contributed by atoms with van der Waals surface area (Å²) in [5.74, 6) is 0.884. The van der Waals surface area contributed by atoms with Crippen molar-refractivity contribution in [2.24, 2.45) is 0 Å². The predicted octanol–water partition coefficient (Wildman–Crippen LogP) is 3.60. The Morgan fingerprint density at radius 3 is 2.52 bits per heavy atom. The number of amides is 1. The molecule has 0 radical (unpaired) electrons. The summed E-state index contributed by atoms with van der Waals surface area (Å²) in [4.78, 5) is 11.8. The summed E-state index contributed by atoms with van der Waals surface area (Å²) in [6.45, 7) is 6.35. The maximum Gasteiger partial charge on any atom is 0.407 e. The standard InChI is InChI=1S/C20H26N2O3/c1-20(2,3)25-19(23)22-17-11-16(17)21-12-13-9-10-18(24-4)15-8-6-5-7-14(13)15/h5-10,16-17,21H,11-12H2,1-4H3,(H,22,23). The van der Waals surface area contributed by atoms with E-state index in [-0.39, 0.29) is 18.2 Å². The molecule has 2 atom stereocenters. The van der Waals surface area contributed by atoms with Crippen molar-refractivity contribution in [3.63, 3.8) is 0 Å². The number of fused-ring (bicyclic) bond motifs is 1. The quantitative estimate of drug-likeness (QED) is 0.871. The molecule has 0 aliphatic heterocycles. The molecule has 0 spiro atoms. The summed E-state index contributed by atoms with van der Waals surface area (Å²) in [6, 6.07) is 12.8. The molecule has 1 aliphatic carbocycles. The number of carbonyl (C=O) groups is 1. The predicted molar refractivity (Wildman–Crippen MR) is 98.9 cm³/mol.